The zero-order chi connectivity index (χ0) is 19.8. The third-order valence-electron chi connectivity index (χ3n) is 3.39. The lowest BCUT2D eigenvalue weighted by molar-refractivity contribution is -0.118. The van der Waals surface area contributed by atoms with E-state index in [0.717, 1.165) is 0 Å². The van der Waals surface area contributed by atoms with Crippen molar-refractivity contribution in [3.8, 4) is 5.75 Å². The highest BCUT2D eigenvalue weighted by molar-refractivity contribution is 5.94. The number of hydrogen-bond acceptors (Lipinski definition) is 6. The minimum absolute atomic E-state index is 0.198. The molecule has 2 aromatic rings. The van der Waals surface area contributed by atoms with E-state index in [4.69, 9.17) is 9.47 Å². The first-order valence-corrected chi connectivity index (χ1v) is 8.31. The molecule has 0 aliphatic heterocycles. The molecular formula is C20H21NO6. The number of carbonyl (C=O) groups excluding carboxylic acids is 3. The lowest BCUT2D eigenvalue weighted by atomic mass is 10.2. The molecule has 1 N–H and O–H groups in total. The zero-order valence-electron chi connectivity index (χ0n) is 15.4. The molecule has 0 unspecified atom stereocenters. The van der Waals surface area contributed by atoms with Crippen LogP contribution in [-0.4, -0.2) is 37.7 Å². The highest BCUT2D eigenvalue weighted by atomic mass is 16.5. The molecule has 0 fully saturated rings. The Morgan fingerprint density at radius 1 is 0.889 bits per heavy atom. The van der Waals surface area contributed by atoms with E-state index in [1.54, 1.807) is 62.4 Å². The molecule has 0 atom stereocenters. The van der Waals surface area contributed by atoms with E-state index in [9.17, 15) is 14.4 Å². The molecule has 2 aromatic carbocycles. The van der Waals surface area contributed by atoms with Crippen molar-refractivity contribution in [1.82, 2.24) is 0 Å². The minimum Gasteiger partial charge on any atom is -0.484 e. The molecule has 2 rings (SSSR count). The molecule has 0 bridgehead atoms. The van der Waals surface area contributed by atoms with Crippen molar-refractivity contribution in [2.75, 3.05) is 19.0 Å². The van der Waals surface area contributed by atoms with Crippen LogP contribution in [0.4, 0.5) is 5.69 Å². The Kier molecular flexibility index (Phi) is 6.93. The number of ether oxygens (including phenoxy) is 3. The van der Waals surface area contributed by atoms with Gasteiger partial charge in [-0.25, -0.2) is 9.59 Å². The van der Waals surface area contributed by atoms with Crippen molar-refractivity contribution in [2.45, 2.75) is 20.0 Å². The van der Waals surface area contributed by atoms with E-state index in [0.29, 0.717) is 22.6 Å². The molecule has 0 aliphatic carbocycles. The first-order chi connectivity index (χ1) is 12.9. The van der Waals surface area contributed by atoms with Gasteiger partial charge in [0.05, 0.1) is 24.3 Å². The molecule has 1 amide bonds. The van der Waals surface area contributed by atoms with Gasteiger partial charge < -0.3 is 19.5 Å². The fourth-order valence-corrected chi connectivity index (χ4v) is 2.12. The SMILES string of the molecule is COC(=O)c1ccc(OCC(=O)Nc2ccc(C(=O)OC(C)C)cc2)cc1. The first kappa shape index (κ1) is 20.0. The van der Waals surface area contributed by atoms with Crippen LogP contribution < -0.4 is 10.1 Å². The summed E-state index contributed by atoms with van der Waals surface area (Å²) in [6.45, 7) is 3.35. The number of anilines is 1. The van der Waals surface area contributed by atoms with E-state index in [2.05, 4.69) is 10.1 Å². The molecular weight excluding hydrogens is 350 g/mol. The fraction of sp³-hybridized carbons (Fsp3) is 0.250. The van der Waals surface area contributed by atoms with E-state index in [-0.39, 0.29) is 18.6 Å². The summed E-state index contributed by atoms with van der Waals surface area (Å²) in [7, 11) is 1.30. The topological polar surface area (TPSA) is 90.9 Å². The molecule has 142 valence electrons. The third kappa shape index (κ3) is 6.14. The number of nitrogens with one attached hydrogen (secondary N) is 1. The van der Waals surface area contributed by atoms with Gasteiger partial charge in [0.2, 0.25) is 0 Å². The second-order valence-electron chi connectivity index (χ2n) is 5.88. The predicted molar refractivity (Wildman–Crippen MR) is 98.9 cm³/mol. The Bertz CT molecular complexity index is 796. The maximum absolute atomic E-state index is 12.0. The number of rotatable bonds is 7. The van der Waals surface area contributed by atoms with Crippen molar-refractivity contribution in [2.24, 2.45) is 0 Å². The molecule has 7 nitrogen and oxygen atoms in total. The summed E-state index contributed by atoms with van der Waals surface area (Å²) in [6.07, 6.45) is -0.198. The maximum atomic E-state index is 12.0. The van der Waals surface area contributed by atoms with Crippen molar-refractivity contribution < 1.29 is 28.6 Å². The largest absolute Gasteiger partial charge is 0.484 e. The van der Waals surface area contributed by atoms with Crippen LogP contribution in [0.3, 0.4) is 0 Å². The lowest BCUT2D eigenvalue weighted by Gasteiger charge is -2.10. The molecule has 0 radical (unpaired) electrons. The van der Waals surface area contributed by atoms with Gasteiger partial charge in [0.15, 0.2) is 6.61 Å². The minimum atomic E-state index is -0.444. The van der Waals surface area contributed by atoms with Crippen molar-refractivity contribution in [3.63, 3.8) is 0 Å². The van der Waals surface area contributed by atoms with Crippen LogP contribution in [0.2, 0.25) is 0 Å². The van der Waals surface area contributed by atoms with Crippen LogP contribution in [-0.2, 0) is 14.3 Å². The molecule has 0 spiro atoms. The molecule has 0 heterocycles. The third-order valence-corrected chi connectivity index (χ3v) is 3.39. The van der Waals surface area contributed by atoms with Gasteiger partial charge >= 0.3 is 11.9 Å². The van der Waals surface area contributed by atoms with Crippen LogP contribution in [0.1, 0.15) is 34.6 Å². The maximum Gasteiger partial charge on any atom is 0.338 e. The van der Waals surface area contributed by atoms with Gasteiger partial charge in [-0.3, -0.25) is 4.79 Å². The molecule has 0 aliphatic rings. The van der Waals surface area contributed by atoms with Gasteiger partial charge in [0.1, 0.15) is 5.75 Å². The smallest absolute Gasteiger partial charge is 0.338 e. The quantitative estimate of drug-likeness (QED) is 0.752. The summed E-state index contributed by atoms with van der Waals surface area (Å²) in [5.41, 5.74) is 1.33. The zero-order valence-corrected chi connectivity index (χ0v) is 15.4. The Morgan fingerprint density at radius 3 is 2.00 bits per heavy atom. The van der Waals surface area contributed by atoms with Gasteiger partial charge in [-0.05, 0) is 62.4 Å². The Morgan fingerprint density at radius 2 is 1.44 bits per heavy atom. The average Bonchev–Trinajstić information content (AvgIpc) is 2.66. The molecule has 0 saturated carbocycles. The van der Waals surface area contributed by atoms with Gasteiger partial charge in [0.25, 0.3) is 5.91 Å². The summed E-state index contributed by atoms with van der Waals surface area (Å²) in [5, 5.41) is 2.67. The second kappa shape index (κ2) is 9.38. The van der Waals surface area contributed by atoms with Crippen LogP contribution in [0.15, 0.2) is 48.5 Å². The summed E-state index contributed by atoms with van der Waals surface area (Å²) in [4.78, 5) is 35.1. The molecule has 27 heavy (non-hydrogen) atoms. The number of hydrogen-bond donors (Lipinski definition) is 1. The number of benzene rings is 2. The number of esters is 2. The monoisotopic (exact) mass is 371 g/mol. The number of carbonyl (C=O) groups is 3. The normalized spacial score (nSPS) is 10.2. The highest BCUT2D eigenvalue weighted by Gasteiger charge is 2.10. The van der Waals surface area contributed by atoms with Crippen LogP contribution in [0, 0.1) is 0 Å². The summed E-state index contributed by atoms with van der Waals surface area (Å²) >= 11 is 0. The highest BCUT2D eigenvalue weighted by Crippen LogP contribution is 2.14. The van der Waals surface area contributed by atoms with E-state index >= 15 is 0 Å². The van der Waals surface area contributed by atoms with E-state index in [1.807, 2.05) is 0 Å². The summed E-state index contributed by atoms with van der Waals surface area (Å²) in [6, 6.07) is 12.6. The lowest BCUT2D eigenvalue weighted by Crippen LogP contribution is -2.20. The van der Waals surface area contributed by atoms with E-state index in [1.165, 1.54) is 7.11 Å². The van der Waals surface area contributed by atoms with Crippen molar-refractivity contribution >= 4 is 23.5 Å². The Labute approximate surface area is 157 Å². The predicted octanol–water partition coefficient (Wildman–Crippen LogP) is 3.06. The number of methoxy groups -OCH3 is 1. The number of amides is 1. The second-order valence-corrected chi connectivity index (χ2v) is 5.88. The van der Waals surface area contributed by atoms with Crippen molar-refractivity contribution in [1.29, 1.82) is 0 Å². The van der Waals surface area contributed by atoms with Crippen LogP contribution >= 0.6 is 0 Å². The Hall–Kier alpha value is -3.35. The van der Waals surface area contributed by atoms with Gasteiger partial charge in [-0.1, -0.05) is 0 Å². The molecule has 7 heteroatoms. The Balaban J connectivity index is 1.85. The first-order valence-electron chi connectivity index (χ1n) is 8.31. The summed E-state index contributed by atoms with van der Waals surface area (Å²) < 4.78 is 15.1. The fourth-order valence-electron chi connectivity index (χ4n) is 2.12. The standard InChI is InChI=1S/C20H21NO6/c1-13(2)27-20(24)15-4-8-16(9-5-15)21-18(22)12-26-17-10-6-14(7-11-17)19(23)25-3/h4-11,13H,12H2,1-3H3,(H,21,22). The van der Waals surface area contributed by atoms with E-state index < -0.39 is 11.9 Å². The average molecular weight is 371 g/mol. The van der Waals surface area contributed by atoms with Gasteiger partial charge in [-0.2, -0.15) is 0 Å². The molecule has 0 saturated heterocycles. The van der Waals surface area contributed by atoms with Gasteiger partial charge in [-0.15, -0.1) is 0 Å². The van der Waals surface area contributed by atoms with Crippen LogP contribution in [0.25, 0.3) is 0 Å². The van der Waals surface area contributed by atoms with Gasteiger partial charge in [0, 0.05) is 5.69 Å². The molecule has 0 aromatic heterocycles. The van der Waals surface area contributed by atoms with Crippen molar-refractivity contribution in [3.05, 3.63) is 59.7 Å². The summed E-state index contributed by atoms with van der Waals surface area (Å²) in [5.74, 6) is -0.768. The van der Waals surface area contributed by atoms with Crippen LogP contribution in [0.5, 0.6) is 5.75 Å².